The molecule has 0 amide bonds. The van der Waals surface area contributed by atoms with Crippen molar-refractivity contribution in [1.82, 2.24) is 4.57 Å². The molecule has 1 radical (unpaired) electrons. The van der Waals surface area contributed by atoms with Crippen LogP contribution in [0, 0.1) is 24.7 Å². The van der Waals surface area contributed by atoms with E-state index < -0.39 is 0 Å². The van der Waals surface area contributed by atoms with Gasteiger partial charge in [0.1, 0.15) is 6.54 Å². The number of nitriles is 1. The first-order valence-electron chi connectivity index (χ1n) is 5.12. The molecule has 0 aliphatic heterocycles. The number of fused-ring (bicyclic) bond motifs is 1. The van der Waals surface area contributed by atoms with E-state index in [9.17, 15) is 0 Å². The van der Waals surface area contributed by atoms with Crippen LogP contribution in [0.5, 0.6) is 0 Å². The van der Waals surface area contributed by atoms with E-state index in [1.54, 1.807) is 0 Å². The molecule has 2 nitrogen and oxygen atoms in total. The first-order valence-corrected chi connectivity index (χ1v) is 5.50. The quantitative estimate of drug-likeness (QED) is 0.775. The number of aromatic nitrogens is 1. The summed E-state index contributed by atoms with van der Waals surface area (Å²) in [6, 6.07) is 6.15. The second-order valence-corrected chi connectivity index (χ2v) is 4.18. The summed E-state index contributed by atoms with van der Waals surface area (Å²) in [4.78, 5) is 0. The predicted octanol–water partition coefficient (Wildman–Crippen LogP) is 3.70. The molecule has 81 valence electrons. The van der Waals surface area contributed by atoms with Crippen LogP contribution in [0.3, 0.4) is 0 Å². The van der Waals surface area contributed by atoms with Crippen molar-refractivity contribution < 1.29 is 0 Å². The molecule has 0 bridgehead atoms. The number of hydrogen-bond donors (Lipinski definition) is 0. The second-order valence-electron chi connectivity index (χ2n) is 3.78. The van der Waals surface area contributed by atoms with Crippen LogP contribution in [0.4, 0.5) is 0 Å². The molecule has 0 aliphatic carbocycles. The molecular weight excluding hydrogens is 220 g/mol. The largest absolute Gasteiger partial charge is 0.333 e. The molecule has 0 saturated carbocycles. The zero-order valence-electron chi connectivity index (χ0n) is 9.29. The molecular formula is C13H12ClN2. The smallest absolute Gasteiger partial charge is 0.110 e. The minimum atomic E-state index is 0.357. The van der Waals surface area contributed by atoms with Gasteiger partial charge in [0.2, 0.25) is 0 Å². The van der Waals surface area contributed by atoms with Gasteiger partial charge in [-0.3, -0.25) is 0 Å². The second kappa shape index (κ2) is 4.19. The molecule has 0 aliphatic rings. The molecule has 1 aromatic heterocycles. The van der Waals surface area contributed by atoms with E-state index in [0.717, 1.165) is 21.5 Å². The van der Waals surface area contributed by atoms with Gasteiger partial charge in [-0.05, 0) is 36.6 Å². The third kappa shape index (κ3) is 1.68. The van der Waals surface area contributed by atoms with Gasteiger partial charge < -0.3 is 4.57 Å². The first-order chi connectivity index (χ1) is 7.67. The minimum Gasteiger partial charge on any atom is -0.333 e. The van der Waals surface area contributed by atoms with Gasteiger partial charge in [-0.25, -0.2) is 0 Å². The summed E-state index contributed by atoms with van der Waals surface area (Å²) in [5.41, 5.74) is 3.23. The Bertz CT molecular complexity index is 576. The van der Waals surface area contributed by atoms with Gasteiger partial charge in [-0.1, -0.05) is 18.5 Å². The molecule has 3 heteroatoms. The molecule has 0 atom stereocenters. The summed E-state index contributed by atoms with van der Waals surface area (Å²) in [5.74, 6) is 0. The number of rotatable bonds is 2. The first kappa shape index (κ1) is 11.0. The van der Waals surface area contributed by atoms with Crippen LogP contribution >= 0.6 is 11.6 Å². The van der Waals surface area contributed by atoms with E-state index in [1.807, 2.05) is 37.1 Å². The molecule has 2 rings (SSSR count). The molecule has 0 spiro atoms. The third-order valence-electron chi connectivity index (χ3n) is 2.75. The Labute approximate surface area is 100 Å². The molecule has 1 heterocycles. The lowest BCUT2D eigenvalue weighted by Crippen LogP contribution is -1.92. The van der Waals surface area contributed by atoms with Crippen molar-refractivity contribution in [3.63, 3.8) is 0 Å². The Morgan fingerprint density at radius 2 is 2.25 bits per heavy atom. The molecule has 2 aromatic rings. The zero-order valence-corrected chi connectivity index (χ0v) is 10.0. The van der Waals surface area contributed by atoms with E-state index in [1.165, 1.54) is 5.56 Å². The molecule has 0 saturated heterocycles. The lowest BCUT2D eigenvalue weighted by Gasteiger charge is -2.04. The van der Waals surface area contributed by atoms with Crippen molar-refractivity contribution in [2.75, 3.05) is 0 Å². The van der Waals surface area contributed by atoms with Crippen molar-refractivity contribution >= 4 is 22.5 Å². The fraction of sp³-hybridized carbons (Fsp3) is 0.231. The van der Waals surface area contributed by atoms with Crippen LogP contribution in [0.2, 0.25) is 5.02 Å². The van der Waals surface area contributed by atoms with Crippen LogP contribution in [0.15, 0.2) is 18.3 Å². The van der Waals surface area contributed by atoms with Crippen molar-refractivity contribution in [1.29, 1.82) is 5.26 Å². The lowest BCUT2D eigenvalue weighted by atomic mass is 10.1. The fourth-order valence-corrected chi connectivity index (χ4v) is 2.20. The normalized spacial score (nSPS) is 10.6. The van der Waals surface area contributed by atoms with E-state index >= 15 is 0 Å². The van der Waals surface area contributed by atoms with Crippen LogP contribution in [0.25, 0.3) is 10.9 Å². The highest BCUT2D eigenvalue weighted by Gasteiger charge is 2.08. The van der Waals surface area contributed by atoms with E-state index in [-0.39, 0.29) is 0 Å². The Kier molecular flexibility index (Phi) is 2.89. The number of benzene rings is 1. The summed E-state index contributed by atoms with van der Waals surface area (Å²) >= 11 is 6.16. The number of hydrogen-bond acceptors (Lipinski definition) is 1. The fourth-order valence-electron chi connectivity index (χ4n) is 1.93. The highest BCUT2D eigenvalue weighted by molar-refractivity contribution is 6.32. The van der Waals surface area contributed by atoms with Gasteiger partial charge in [0, 0.05) is 16.6 Å². The van der Waals surface area contributed by atoms with Crippen molar-refractivity contribution in [2.24, 2.45) is 0 Å². The lowest BCUT2D eigenvalue weighted by molar-refractivity contribution is 0.871. The summed E-state index contributed by atoms with van der Waals surface area (Å²) < 4.78 is 1.93. The summed E-state index contributed by atoms with van der Waals surface area (Å²) in [6.45, 7) is 4.37. The maximum atomic E-state index is 8.75. The highest BCUT2D eigenvalue weighted by Crippen LogP contribution is 2.28. The molecule has 0 N–H and O–H groups in total. The Hall–Kier alpha value is -1.46. The maximum Gasteiger partial charge on any atom is 0.110 e. The molecule has 1 aromatic carbocycles. The average molecular weight is 232 g/mol. The standard InChI is InChI=1S/C13H12ClN2/c1-3-10-6-11-9(2)8-16(5-4-15)13(11)7-12(10)14/h3,6-8H,5H2,1-2H3. The zero-order chi connectivity index (χ0) is 11.7. The van der Waals surface area contributed by atoms with Crippen LogP contribution < -0.4 is 0 Å². The number of halogens is 1. The third-order valence-corrected chi connectivity index (χ3v) is 3.08. The van der Waals surface area contributed by atoms with E-state index in [0.29, 0.717) is 6.54 Å². The summed E-state index contributed by atoms with van der Waals surface area (Å²) in [7, 11) is 0. The van der Waals surface area contributed by atoms with Gasteiger partial charge in [0.05, 0.1) is 11.6 Å². The molecule has 0 fully saturated rings. The SMILES string of the molecule is C[CH]c1cc2c(C)cn(CC#N)c2cc1Cl. The number of nitrogens with zero attached hydrogens (tertiary/aromatic N) is 2. The number of aryl methyl sites for hydroxylation is 1. The molecule has 16 heavy (non-hydrogen) atoms. The van der Waals surface area contributed by atoms with Crippen molar-refractivity contribution in [3.8, 4) is 6.07 Å². The Morgan fingerprint density at radius 3 is 2.88 bits per heavy atom. The molecule has 0 unspecified atom stereocenters. The topological polar surface area (TPSA) is 28.7 Å². The van der Waals surface area contributed by atoms with Gasteiger partial charge in [-0.15, -0.1) is 0 Å². The predicted molar refractivity (Wildman–Crippen MR) is 66.4 cm³/mol. The van der Waals surface area contributed by atoms with Crippen LogP contribution in [0.1, 0.15) is 18.1 Å². The van der Waals surface area contributed by atoms with Crippen molar-refractivity contribution in [3.05, 3.63) is 40.9 Å². The summed E-state index contributed by atoms with van der Waals surface area (Å²) in [6.07, 6.45) is 3.98. The van der Waals surface area contributed by atoms with E-state index in [4.69, 9.17) is 16.9 Å². The Balaban J connectivity index is 2.72. The Morgan fingerprint density at radius 1 is 1.50 bits per heavy atom. The van der Waals surface area contributed by atoms with E-state index in [2.05, 4.69) is 12.1 Å². The minimum absolute atomic E-state index is 0.357. The van der Waals surface area contributed by atoms with Gasteiger partial charge in [0.15, 0.2) is 0 Å². The van der Waals surface area contributed by atoms with Gasteiger partial charge >= 0.3 is 0 Å². The van der Waals surface area contributed by atoms with Gasteiger partial charge in [0.25, 0.3) is 0 Å². The van der Waals surface area contributed by atoms with Crippen LogP contribution in [-0.2, 0) is 6.54 Å². The highest BCUT2D eigenvalue weighted by atomic mass is 35.5. The summed E-state index contributed by atoms with van der Waals surface area (Å²) in [5, 5.41) is 10.6. The monoisotopic (exact) mass is 231 g/mol. The van der Waals surface area contributed by atoms with Crippen molar-refractivity contribution in [2.45, 2.75) is 20.4 Å². The average Bonchev–Trinajstić information content (AvgIpc) is 2.55. The maximum absolute atomic E-state index is 8.75. The van der Waals surface area contributed by atoms with Crippen LogP contribution in [-0.4, -0.2) is 4.57 Å². The van der Waals surface area contributed by atoms with Gasteiger partial charge in [-0.2, -0.15) is 5.26 Å².